The number of aromatic nitrogens is 2. The second kappa shape index (κ2) is 10.3. The number of ketones is 1. The predicted molar refractivity (Wildman–Crippen MR) is 183 cm³/mol. The van der Waals surface area contributed by atoms with Gasteiger partial charge in [0.05, 0.1) is 22.6 Å². The van der Waals surface area contributed by atoms with Crippen LogP contribution in [0.25, 0.3) is 16.6 Å². The van der Waals surface area contributed by atoms with Crippen molar-refractivity contribution in [3.05, 3.63) is 142 Å². The Morgan fingerprint density at radius 3 is 2.47 bits per heavy atom. The summed E-state index contributed by atoms with van der Waals surface area (Å²) in [5.41, 5.74) is 12.3. The van der Waals surface area contributed by atoms with E-state index in [9.17, 15) is 4.79 Å². The quantitative estimate of drug-likeness (QED) is 0.227. The normalized spacial score (nSPS) is 20.3. The summed E-state index contributed by atoms with van der Waals surface area (Å²) < 4.78 is 2.25. The highest BCUT2D eigenvalue weighted by molar-refractivity contribution is 6.01. The van der Waals surface area contributed by atoms with E-state index in [1.807, 2.05) is 6.07 Å². The van der Waals surface area contributed by atoms with Gasteiger partial charge >= 0.3 is 0 Å². The van der Waals surface area contributed by atoms with Crippen LogP contribution in [0.15, 0.2) is 114 Å². The molecule has 0 fully saturated rings. The van der Waals surface area contributed by atoms with Crippen LogP contribution in [-0.4, -0.2) is 20.9 Å². The number of para-hydroxylation sites is 2. The maximum atomic E-state index is 14.3. The van der Waals surface area contributed by atoms with E-state index in [2.05, 4.69) is 140 Å². The van der Waals surface area contributed by atoms with Crippen molar-refractivity contribution in [3.8, 4) is 0 Å². The molecule has 0 saturated heterocycles. The van der Waals surface area contributed by atoms with Gasteiger partial charge in [-0.15, -0.1) is 0 Å². The van der Waals surface area contributed by atoms with E-state index in [0.29, 0.717) is 6.42 Å². The van der Waals surface area contributed by atoms with Crippen molar-refractivity contribution in [1.82, 2.24) is 9.55 Å². The Balaban J connectivity index is 1.28. The molecule has 1 N–H and O–H groups in total. The van der Waals surface area contributed by atoms with E-state index < -0.39 is 0 Å². The van der Waals surface area contributed by atoms with Crippen LogP contribution in [0, 0.1) is 6.92 Å². The first-order chi connectivity index (χ1) is 21.8. The second-order valence-electron chi connectivity index (χ2n) is 13.4. The molecule has 1 aliphatic carbocycles. The third kappa shape index (κ3) is 4.52. The van der Waals surface area contributed by atoms with E-state index in [4.69, 9.17) is 4.98 Å². The fourth-order valence-corrected chi connectivity index (χ4v) is 7.93. The van der Waals surface area contributed by atoms with Gasteiger partial charge in [-0.05, 0) is 92.1 Å². The number of Topliss-reactive ketones (excluding diaryl/α,β-unsaturated/α-hetero) is 1. The molecule has 3 aliphatic rings. The Bertz CT molecular complexity index is 2050. The predicted octanol–water partition coefficient (Wildman–Crippen LogP) is 8.96. The van der Waals surface area contributed by atoms with Crippen molar-refractivity contribution in [2.75, 3.05) is 10.2 Å². The zero-order chi connectivity index (χ0) is 30.9. The summed E-state index contributed by atoms with van der Waals surface area (Å²) in [6, 6.07) is 34.0. The minimum absolute atomic E-state index is 0.142. The van der Waals surface area contributed by atoms with Gasteiger partial charge in [0.15, 0.2) is 5.78 Å². The number of carbonyl (C=O) groups excluding carboxylic acids is 1. The van der Waals surface area contributed by atoms with Gasteiger partial charge in [0, 0.05) is 35.5 Å². The molecule has 2 aliphatic heterocycles. The number of anilines is 2. The molecule has 3 heterocycles. The van der Waals surface area contributed by atoms with Gasteiger partial charge in [-0.1, -0.05) is 78.9 Å². The Labute approximate surface area is 264 Å². The topological polar surface area (TPSA) is 50.2 Å². The number of benzene rings is 4. The van der Waals surface area contributed by atoms with Crippen molar-refractivity contribution in [2.45, 2.75) is 64.6 Å². The Morgan fingerprint density at radius 1 is 0.889 bits per heavy atom. The number of rotatable bonds is 4. The Morgan fingerprint density at radius 2 is 1.64 bits per heavy atom. The SMILES string of the molecule is CC1=CC(C)(C)N(Cc2ccccc2)c2ccc([C@@H]3C4=C(C[C@@H](c5ccccc5C)CC4=O)Nc4nc5ccccc5n43)cc21. The number of imidazole rings is 1. The molecule has 5 aromatic rings. The molecule has 4 aromatic carbocycles. The summed E-state index contributed by atoms with van der Waals surface area (Å²) in [4.78, 5) is 21.8. The molecule has 5 nitrogen and oxygen atoms in total. The average molecular weight is 591 g/mol. The zero-order valence-corrected chi connectivity index (χ0v) is 26.3. The van der Waals surface area contributed by atoms with Crippen LogP contribution < -0.4 is 10.2 Å². The van der Waals surface area contributed by atoms with Crippen molar-refractivity contribution in [3.63, 3.8) is 0 Å². The maximum Gasteiger partial charge on any atom is 0.209 e. The van der Waals surface area contributed by atoms with Crippen LogP contribution in [0.4, 0.5) is 11.6 Å². The number of hydrogen-bond acceptors (Lipinski definition) is 4. The number of nitrogens with one attached hydrogen (secondary N) is 1. The molecular formula is C40H38N4O. The number of nitrogens with zero attached hydrogens (tertiary/aromatic N) is 3. The van der Waals surface area contributed by atoms with Crippen molar-refractivity contribution in [2.24, 2.45) is 0 Å². The van der Waals surface area contributed by atoms with Crippen LogP contribution >= 0.6 is 0 Å². The maximum absolute atomic E-state index is 14.3. The molecule has 0 amide bonds. The van der Waals surface area contributed by atoms with Crippen LogP contribution in [0.1, 0.15) is 73.4 Å². The van der Waals surface area contributed by atoms with Crippen LogP contribution in [0.5, 0.6) is 0 Å². The summed E-state index contributed by atoms with van der Waals surface area (Å²) in [6.07, 6.45) is 3.67. The Hall–Kier alpha value is -4.90. The third-order valence-corrected chi connectivity index (χ3v) is 10.0. The fraction of sp³-hybridized carbons (Fsp3) is 0.250. The largest absolute Gasteiger partial charge is 0.358 e. The molecule has 224 valence electrons. The summed E-state index contributed by atoms with van der Waals surface area (Å²) in [7, 11) is 0. The molecule has 2 atom stereocenters. The van der Waals surface area contributed by atoms with Crippen molar-refractivity contribution >= 4 is 34.0 Å². The standard InChI is InChI=1S/C40H38N4O/c1-25-12-8-9-15-30(25)29-21-33-37(36(45)22-29)38(44-35-17-11-10-16-32(35)41-39(44)42-33)28-18-19-34-31(20-28)26(2)23-40(3,4)43(34)24-27-13-6-5-7-14-27/h5-20,23,29,38H,21-22,24H2,1-4H3,(H,41,42)/t29-,38-/m1/s1. The molecule has 0 bridgehead atoms. The van der Waals surface area contributed by atoms with Gasteiger partial charge < -0.3 is 10.2 Å². The first-order valence-corrected chi connectivity index (χ1v) is 16.0. The number of allylic oxidation sites excluding steroid dienone is 3. The lowest BCUT2D eigenvalue weighted by atomic mass is 9.76. The van der Waals surface area contributed by atoms with Gasteiger partial charge in [-0.2, -0.15) is 0 Å². The number of fused-ring (bicyclic) bond motifs is 4. The van der Waals surface area contributed by atoms with Crippen LogP contribution in [-0.2, 0) is 11.3 Å². The van der Waals surface area contributed by atoms with Crippen LogP contribution in [0.3, 0.4) is 0 Å². The lowest BCUT2D eigenvalue weighted by Crippen LogP contribution is -2.44. The first-order valence-electron chi connectivity index (χ1n) is 16.0. The summed E-state index contributed by atoms with van der Waals surface area (Å²) in [6.45, 7) is 9.76. The fourth-order valence-electron chi connectivity index (χ4n) is 7.93. The third-order valence-electron chi connectivity index (χ3n) is 10.0. The highest BCUT2D eigenvalue weighted by Crippen LogP contribution is 2.48. The molecule has 0 radical (unpaired) electrons. The summed E-state index contributed by atoms with van der Waals surface area (Å²) >= 11 is 0. The highest BCUT2D eigenvalue weighted by Gasteiger charge is 2.40. The van der Waals surface area contributed by atoms with Crippen LogP contribution in [0.2, 0.25) is 0 Å². The zero-order valence-electron chi connectivity index (χ0n) is 26.3. The van der Waals surface area contributed by atoms with E-state index >= 15 is 0 Å². The van der Waals surface area contributed by atoms with Gasteiger partial charge in [-0.3, -0.25) is 9.36 Å². The molecule has 0 saturated carbocycles. The number of carbonyl (C=O) groups is 1. The van der Waals surface area contributed by atoms with Gasteiger partial charge in [0.1, 0.15) is 0 Å². The summed E-state index contributed by atoms with van der Waals surface area (Å²) in [5, 5.41) is 3.64. The Kier molecular flexibility index (Phi) is 6.35. The number of hydrogen-bond donors (Lipinski definition) is 1. The molecule has 8 rings (SSSR count). The average Bonchev–Trinajstić information content (AvgIpc) is 3.40. The smallest absolute Gasteiger partial charge is 0.209 e. The van der Waals surface area contributed by atoms with E-state index in [-0.39, 0.29) is 23.3 Å². The minimum atomic E-state index is -0.260. The van der Waals surface area contributed by atoms with E-state index in [1.54, 1.807) is 0 Å². The van der Waals surface area contributed by atoms with Gasteiger partial charge in [-0.25, -0.2) is 4.98 Å². The first kappa shape index (κ1) is 27.6. The molecule has 0 unspecified atom stereocenters. The second-order valence-corrected chi connectivity index (χ2v) is 13.4. The van der Waals surface area contributed by atoms with Crippen molar-refractivity contribution in [1.29, 1.82) is 0 Å². The molecule has 0 spiro atoms. The monoisotopic (exact) mass is 590 g/mol. The minimum Gasteiger partial charge on any atom is -0.358 e. The molecule has 1 aromatic heterocycles. The molecule has 5 heteroatoms. The van der Waals surface area contributed by atoms with Gasteiger partial charge in [0.25, 0.3) is 0 Å². The highest BCUT2D eigenvalue weighted by atomic mass is 16.1. The van der Waals surface area contributed by atoms with Crippen molar-refractivity contribution < 1.29 is 4.79 Å². The summed E-state index contributed by atoms with van der Waals surface area (Å²) in [5.74, 6) is 1.15. The van der Waals surface area contributed by atoms with E-state index in [0.717, 1.165) is 46.8 Å². The molecule has 45 heavy (non-hydrogen) atoms. The lowest BCUT2D eigenvalue weighted by molar-refractivity contribution is -0.116. The number of aryl methyl sites for hydroxylation is 1. The molecular weight excluding hydrogens is 552 g/mol. The van der Waals surface area contributed by atoms with Gasteiger partial charge in [0.2, 0.25) is 5.95 Å². The van der Waals surface area contributed by atoms with E-state index in [1.165, 1.54) is 33.5 Å². The lowest BCUT2D eigenvalue weighted by Gasteiger charge is -2.44.